The molecule has 2 aliphatic heterocycles. The number of imide groups is 2. The summed E-state index contributed by atoms with van der Waals surface area (Å²) in [5.41, 5.74) is 3.06. The number of fused-ring (bicyclic) bond motifs is 1. The average Bonchev–Trinajstić information content (AvgIpc) is 3.39. The van der Waals surface area contributed by atoms with Crippen molar-refractivity contribution >= 4 is 35.6 Å². The van der Waals surface area contributed by atoms with Gasteiger partial charge in [0.15, 0.2) is 11.5 Å². The molecule has 176 valence electrons. The van der Waals surface area contributed by atoms with Crippen LogP contribution >= 0.6 is 0 Å². The first-order valence-corrected chi connectivity index (χ1v) is 10.6. The zero-order chi connectivity index (χ0) is 24.9. The molecule has 0 aliphatic carbocycles. The number of amides is 4. The van der Waals surface area contributed by atoms with Gasteiger partial charge in [-0.25, -0.2) is 14.5 Å². The van der Waals surface area contributed by atoms with Gasteiger partial charge in [0.1, 0.15) is 5.57 Å². The third-order valence-electron chi connectivity index (χ3n) is 5.86. The van der Waals surface area contributed by atoms with Crippen LogP contribution in [0, 0.1) is 13.8 Å². The number of hydrogen-bond acceptors (Lipinski definition) is 6. The minimum Gasteiger partial charge on any atom is -0.478 e. The number of rotatable bonds is 4. The number of aromatic nitrogens is 1. The molecule has 10 heteroatoms. The van der Waals surface area contributed by atoms with Gasteiger partial charge in [0.05, 0.1) is 11.3 Å². The number of nitrogens with zero attached hydrogens (tertiary/aromatic N) is 2. The molecule has 0 saturated carbocycles. The molecule has 3 heterocycles. The summed E-state index contributed by atoms with van der Waals surface area (Å²) in [6, 6.07) is 11.9. The summed E-state index contributed by atoms with van der Waals surface area (Å²) < 4.78 is 12.5. The van der Waals surface area contributed by atoms with E-state index in [0.29, 0.717) is 17.1 Å². The number of hydrogen-bond donors (Lipinski definition) is 2. The molecule has 2 aliphatic rings. The van der Waals surface area contributed by atoms with Gasteiger partial charge in [-0.2, -0.15) is 0 Å². The van der Waals surface area contributed by atoms with Crippen LogP contribution in [-0.4, -0.2) is 40.3 Å². The number of ether oxygens (including phenoxy) is 2. The summed E-state index contributed by atoms with van der Waals surface area (Å²) in [5, 5.41) is 11.3. The largest absolute Gasteiger partial charge is 0.478 e. The minimum absolute atomic E-state index is 0.0389. The zero-order valence-corrected chi connectivity index (χ0v) is 18.7. The molecule has 1 fully saturated rings. The topological polar surface area (TPSA) is 127 Å². The summed E-state index contributed by atoms with van der Waals surface area (Å²) in [4.78, 5) is 50.4. The summed E-state index contributed by atoms with van der Waals surface area (Å²) in [6.07, 6.45) is 1.44. The number of carboxylic acid groups (broad SMARTS) is 1. The highest BCUT2D eigenvalue weighted by Crippen LogP contribution is 2.36. The highest BCUT2D eigenvalue weighted by molar-refractivity contribution is 6.39. The molecule has 2 aromatic carbocycles. The number of benzene rings is 2. The molecular weight excluding hydrogens is 454 g/mol. The van der Waals surface area contributed by atoms with Crippen LogP contribution in [0.3, 0.4) is 0 Å². The molecule has 2 N–H and O–H groups in total. The molecule has 3 aromatic rings. The van der Waals surface area contributed by atoms with Crippen LogP contribution in [0.1, 0.15) is 27.3 Å². The van der Waals surface area contributed by atoms with E-state index in [1.807, 2.05) is 18.4 Å². The molecule has 35 heavy (non-hydrogen) atoms. The third kappa shape index (κ3) is 3.70. The number of carbonyl (C=O) groups excluding carboxylic acids is 3. The lowest BCUT2D eigenvalue weighted by Gasteiger charge is -2.26. The number of nitrogens with one attached hydrogen (secondary N) is 1. The van der Waals surface area contributed by atoms with Gasteiger partial charge < -0.3 is 19.1 Å². The molecular formula is C25H19N3O7. The molecule has 1 saturated heterocycles. The summed E-state index contributed by atoms with van der Waals surface area (Å²) >= 11 is 0. The Labute approximate surface area is 199 Å². The first kappa shape index (κ1) is 22.0. The number of barbiturate groups is 1. The Balaban J connectivity index is 1.51. The van der Waals surface area contributed by atoms with Crippen molar-refractivity contribution in [1.29, 1.82) is 0 Å². The highest BCUT2D eigenvalue weighted by Gasteiger charge is 2.37. The second kappa shape index (κ2) is 8.17. The molecule has 1 aromatic heterocycles. The molecule has 0 radical (unpaired) electrons. The van der Waals surface area contributed by atoms with Crippen LogP contribution in [0.4, 0.5) is 10.5 Å². The fourth-order valence-electron chi connectivity index (χ4n) is 4.16. The third-order valence-corrected chi connectivity index (χ3v) is 5.86. The van der Waals surface area contributed by atoms with E-state index in [0.717, 1.165) is 22.0 Å². The lowest BCUT2D eigenvalue weighted by molar-refractivity contribution is -0.122. The predicted octanol–water partition coefficient (Wildman–Crippen LogP) is 3.19. The molecule has 10 nitrogen and oxygen atoms in total. The Bertz CT molecular complexity index is 1450. The van der Waals surface area contributed by atoms with Gasteiger partial charge in [-0.15, -0.1) is 0 Å². The van der Waals surface area contributed by atoms with Gasteiger partial charge in [0, 0.05) is 23.1 Å². The van der Waals surface area contributed by atoms with E-state index in [2.05, 4.69) is 5.32 Å². The van der Waals surface area contributed by atoms with Gasteiger partial charge in [-0.1, -0.05) is 0 Å². The maximum atomic E-state index is 13.3. The second-order valence-electron chi connectivity index (χ2n) is 8.01. The van der Waals surface area contributed by atoms with Crippen molar-refractivity contribution in [3.8, 4) is 17.2 Å². The van der Waals surface area contributed by atoms with Crippen molar-refractivity contribution in [3.05, 3.63) is 76.6 Å². The Hall–Kier alpha value is -4.86. The number of urea groups is 1. The van der Waals surface area contributed by atoms with Crippen molar-refractivity contribution in [2.24, 2.45) is 0 Å². The van der Waals surface area contributed by atoms with Gasteiger partial charge in [0.2, 0.25) is 6.79 Å². The second-order valence-corrected chi connectivity index (χ2v) is 8.01. The number of carboxylic acids is 1. The normalized spacial score (nSPS) is 16.1. The van der Waals surface area contributed by atoms with Crippen LogP contribution in [0.2, 0.25) is 0 Å². The Morgan fingerprint density at radius 3 is 2.37 bits per heavy atom. The fourth-order valence-corrected chi connectivity index (χ4v) is 4.16. The van der Waals surface area contributed by atoms with Gasteiger partial charge in [0.25, 0.3) is 11.8 Å². The van der Waals surface area contributed by atoms with E-state index >= 15 is 0 Å². The Morgan fingerprint density at radius 2 is 1.66 bits per heavy atom. The van der Waals surface area contributed by atoms with Crippen LogP contribution in [0.5, 0.6) is 11.5 Å². The van der Waals surface area contributed by atoms with Crippen molar-refractivity contribution in [3.63, 3.8) is 0 Å². The zero-order valence-electron chi connectivity index (χ0n) is 18.7. The van der Waals surface area contributed by atoms with Crippen molar-refractivity contribution < 1.29 is 33.8 Å². The summed E-state index contributed by atoms with van der Waals surface area (Å²) in [6.45, 7) is 3.71. The highest BCUT2D eigenvalue weighted by atomic mass is 16.7. The van der Waals surface area contributed by atoms with Gasteiger partial charge >= 0.3 is 12.0 Å². The predicted molar refractivity (Wildman–Crippen MR) is 124 cm³/mol. The number of aryl methyl sites for hydroxylation is 1. The average molecular weight is 473 g/mol. The SMILES string of the molecule is Cc1cc(C=C2C(=O)NC(=O)N(c3ccc4c(c3)OCO4)C2=O)c(C)n1-c1ccc(C(=O)O)cc1. The van der Waals surface area contributed by atoms with Crippen LogP contribution in [-0.2, 0) is 9.59 Å². The molecule has 4 amide bonds. The molecule has 0 bridgehead atoms. The lowest BCUT2D eigenvalue weighted by atomic mass is 10.1. The Morgan fingerprint density at radius 1 is 0.971 bits per heavy atom. The van der Waals surface area contributed by atoms with E-state index in [1.165, 1.54) is 30.3 Å². The first-order valence-electron chi connectivity index (χ1n) is 10.6. The van der Waals surface area contributed by atoms with E-state index in [1.54, 1.807) is 24.3 Å². The summed E-state index contributed by atoms with van der Waals surface area (Å²) in [7, 11) is 0. The van der Waals surface area contributed by atoms with Crippen LogP contribution < -0.4 is 19.7 Å². The number of anilines is 1. The van der Waals surface area contributed by atoms with Crippen LogP contribution in [0.15, 0.2) is 54.1 Å². The standard InChI is InChI=1S/C25H19N3O7/c1-13-9-16(14(2)27(13)17-5-3-15(4-6-17)24(31)32)10-19-22(29)26-25(33)28(23(19)30)18-7-8-20-21(11-18)35-12-34-20/h3-11H,12H2,1-2H3,(H,31,32)(H,26,29,33). The van der Waals surface area contributed by atoms with Gasteiger partial charge in [-0.3, -0.25) is 14.9 Å². The van der Waals surface area contributed by atoms with Gasteiger partial charge in [-0.05, 0) is 68.0 Å². The number of aromatic carboxylic acids is 1. The van der Waals surface area contributed by atoms with E-state index < -0.39 is 23.8 Å². The van der Waals surface area contributed by atoms with E-state index in [4.69, 9.17) is 14.6 Å². The molecule has 5 rings (SSSR count). The van der Waals surface area contributed by atoms with Crippen LogP contribution in [0.25, 0.3) is 11.8 Å². The molecule has 0 unspecified atom stereocenters. The smallest absolute Gasteiger partial charge is 0.335 e. The van der Waals surface area contributed by atoms with Crippen molar-refractivity contribution in [2.45, 2.75) is 13.8 Å². The van der Waals surface area contributed by atoms with E-state index in [-0.39, 0.29) is 23.6 Å². The lowest BCUT2D eigenvalue weighted by Crippen LogP contribution is -2.54. The summed E-state index contributed by atoms with van der Waals surface area (Å²) in [5.74, 6) is -1.70. The maximum absolute atomic E-state index is 13.3. The quantitative estimate of drug-likeness (QED) is 0.440. The van der Waals surface area contributed by atoms with E-state index in [9.17, 15) is 19.2 Å². The monoisotopic (exact) mass is 473 g/mol. The first-order chi connectivity index (χ1) is 16.7. The Kier molecular flexibility index (Phi) is 5.13. The minimum atomic E-state index is -1.02. The fraction of sp³-hybridized carbons (Fsp3) is 0.120. The maximum Gasteiger partial charge on any atom is 0.335 e. The van der Waals surface area contributed by atoms with Crippen molar-refractivity contribution in [2.75, 3.05) is 11.7 Å². The molecule has 0 atom stereocenters. The van der Waals surface area contributed by atoms with Crippen molar-refractivity contribution in [1.82, 2.24) is 9.88 Å². The number of carbonyl (C=O) groups is 4. The molecule has 0 spiro atoms.